The van der Waals surface area contributed by atoms with Crippen LogP contribution in [-0.2, 0) is 6.61 Å². The highest BCUT2D eigenvalue weighted by molar-refractivity contribution is 5.71. The predicted octanol–water partition coefficient (Wildman–Crippen LogP) is 5.45. The molecule has 5 heteroatoms. The normalized spacial score (nSPS) is 12.2. The third kappa shape index (κ3) is 5.76. The van der Waals surface area contributed by atoms with E-state index >= 15 is 0 Å². The lowest BCUT2D eigenvalue weighted by atomic mass is 9.87. The van der Waals surface area contributed by atoms with Crippen molar-refractivity contribution >= 4 is 11.8 Å². The Kier molecular flexibility index (Phi) is 8.72. The molecule has 0 aliphatic carbocycles. The van der Waals surface area contributed by atoms with Gasteiger partial charge in [0, 0.05) is 35.8 Å². The van der Waals surface area contributed by atoms with E-state index in [2.05, 4.69) is 69.1 Å². The van der Waals surface area contributed by atoms with Gasteiger partial charge in [-0.15, -0.1) is 0 Å². The molecule has 0 bridgehead atoms. The van der Waals surface area contributed by atoms with Gasteiger partial charge < -0.3 is 20.1 Å². The number of nitrogens with zero attached hydrogens (tertiary/aromatic N) is 1. The SMILES string of the molecule is CCNC(=O)Oc1ccc(CO)cc1C(CC)c1cccc(N(C(C)C)C(C)C)c1. The number of carbonyl (C=O) groups excluding carboxylic acids is 1. The first-order valence-corrected chi connectivity index (χ1v) is 10.9. The van der Waals surface area contributed by atoms with Crippen LogP contribution in [0.3, 0.4) is 0 Å². The number of ether oxygens (including phenoxy) is 1. The van der Waals surface area contributed by atoms with Crippen molar-refractivity contribution in [1.29, 1.82) is 0 Å². The molecule has 0 saturated heterocycles. The lowest BCUT2D eigenvalue weighted by Gasteiger charge is -2.34. The fourth-order valence-electron chi connectivity index (χ4n) is 4.07. The molecule has 0 spiro atoms. The lowest BCUT2D eigenvalue weighted by molar-refractivity contribution is 0.200. The molecule has 0 fully saturated rings. The van der Waals surface area contributed by atoms with Crippen LogP contribution in [0.15, 0.2) is 42.5 Å². The van der Waals surface area contributed by atoms with E-state index in [1.807, 2.05) is 13.0 Å². The summed E-state index contributed by atoms with van der Waals surface area (Å²) in [7, 11) is 0. The van der Waals surface area contributed by atoms with Crippen LogP contribution in [0.2, 0.25) is 0 Å². The standard InChI is InChI=1S/C25H36N2O3/c1-7-22(20-10-9-11-21(15-20)27(17(3)4)18(5)6)23-14-19(16-28)12-13-24(23)30-25(29)26-8-2/h9-15,17-18,22,28H,7-8,16H2,1-6H3,(H,26,29). The second-order valence-electron chi connectivity index (χ2n) is 8.10. The second-order valence-corrected chi connectivity index (χ2v) is 8.10. The summed E-state index contributed by atoms with van der Waals surface area (Å²) in [4.78, 5) is 14.5. The molecule has 1 atom stereocenters. The number of rotatable bonds is 9. The van der Waals surface area contributed by atoms with Crippen LogP contribution in [0.1, 0.15) is 70.6 Å². The van der Waals surface area contributed by atoms with E-state index in [1.54, 1.807) is 12.1 Å². The zero-order valence-electron chi connectivity index (χ0n) is 19.1. The maximum absolute atomic E-state index is 12.1. The molecule has 1 unspecified atom stereocenters. The fraction of sp³-hybridized carbons (Fsp3) is 0.480. The lowest BCUT2D eigenvalue weighted by Crippen LogP contribution is -2.37. The average Bonchev–Trinajstić information content (AvgIpc) is 2.69. The Morgan fingerprint density at radius 3 is 2.33 bits per heavy atom. The molecule has 1 amide bonds. The summed E-state index contributed by atoms with van der Waals surface area (Å²) in [5, 5.41) is 12.3. The van der Waals surface area contributed by atoms with Gasteiger partial charge in [0.1, 0.15) is 5.75 Å². The van der Waals surface area contributed by atoms with Crippen LogP contribution < -0.4 is 15.0 Å². The van der Waals surface area contributed by atoms with Gasteiger partial charge in [-0.3, -0.25) is 0 Å². The van der Waals surface area contributed by atoms with Gasteiger partial charge in [0.25, 0.3) is 0 Å². The van der Waals surface area contributed by atoms with Crippen LogP contribution in [0.4, 0.5) is 10.5 Å². The molecule has 2 aromatic rings. The zero-order chi connectivity index (χ0) is 22.3. The molecule has 0 saturated carbocycles. The number of hydrogen-bond donors (Lipinski definition) is 2. The molecule has 0 heterocycles. The number of carbonyl (C=O) groups is 1. The number of nitrogens with one attached hydrogen (secondary N) is 1. The highest BCUT2D eigenvalue weighted by Crippen LogP contribution is 2.37. The quantitative estimate of drug-likeness (QED) is 0.575. The summed E-state index contributed by atoms with van der Waals surface area (Å²) >= 11 is 0. The van der Waals surface area contributed by atoms with Gasteiger partial charge in [-0.05, 0) is 76.4 Å². The fourth-order valence-corrected chi connectivity index (χ4v) is 4.07. The Hall–Kier alpha value is -2.53. The summed E-state index contributed by atoms with van der Waals surface area (Å²) in [5.41, 5.74) is 4.06. The van der Waals surface area contributed by atoms with E-state index in [-0.39, 0.29) is 12.5 Å². The van der Waals surface area contributed by atoms with Gasteiger partial charge in [0.15, 0.2) is 0 Å². The molecular weight excluding hydrogens is 376 g/mol. The smallest absolute Gasteiger partial charge is 0.410 e. The van der Waals surface area contributed by atoms with Gasteiger partial charge in [-0.1, -0.05) is 25.1 Å². The van der Waals surface area contributed by atoms with E-state index in [9.17, 15) is 9.90 Å². The van der Waals surface area contributed by atoms with Crippen molar-refractivity contribution in [2.45, 2.75) is 72.6 Å². The van der Waals surface area contributed by atoms with E-state index in [0.29, 0.717) is 24.4 Å². The van der Waals surface area contributed by atoms with E-state index in [1.165, 1.54) is 5.69 Å². The van der Waals surface area contributed by atoms with Crippen molar-refractivity contribution in [3.05, 3.63) is 59.2 Å². The highest BCUT2D eigenvalue weighted by atomic mass is 16.6. The van der Waals surface area contributed by atoms with Crippen LogP contribution in [-0.4, -0.2) is 29.8 Å². The summed E-state index contributed by atoms with van der Waals surface area (Å²) in [5.74, 6) is 0.571. The maximum Gasteiger partial charge on any atom is 0.412 e. The van der Waals surface area contributed by atoms with Gasteiger partial charge in [-0.25, -0.2) is 4.79 Å². The second kappa shape index (κ2) is 11.0. The van der Waals surface area contributed by atoms with Crippen molar-refractivity contribution in [1.82, 2.24) is 5.32 Å². The average molecular weight is 413 g/mol. The molecule has 0 aliphatic heterocycles. The Balaban J connectivity index is 2.51. The number of aliphatic hydroxyl groups excluding tert-OH is 1. The summed E-state index contributed by atoms with van der Waals surface area (Å²) in [6, 6.07) is 14.9. The predicted molar refractivity (Wildman–Crippen MR) is 123 cm³/mol. The van der Waals surface area contributed by atoms with Gasteiger partial charge >= 0.3 is 6.09 Å². The third-order valence-electron chi connectivity index (χ3n) is 5.25. The van der Waals surface area contributed by atoms with Crippen LogP contribution in [0, 0.1) is 0 Å². The minimum absolute atomic E-state index is 0.0436. The number of amides is 1. The number of aliphatic hydroxyl groups is 1. The monoisotopic (exact) mass is 412 g/mol. The first-order chi connectivity index (χ1) is 14.3. The van der Waals surface area contributed by atoms with Gasteiger partial charge in [0.05, 0.1) is 6.61 Å². The molecular formula is C25H36N2O3. The van der Waals surface area contributed by atoms with Crippen LogP contribution in [0.25, 0.3) is 0 Å². The molecule has 5 nitrogen and oxygen atoms in total. The van der Waals surface area contributed by atoms with Crippen LogP contribution >= 0.6 is 0 Å². The minimum Gasteiger partial charge on any atom is -0.410 e. The maximum atomic E-state index is 12.1. The van der Waals surface area contributed by atoms with E-state index in [4.69, 9.17) is 4.74 Å². The van der Waals surface area contributed by atoms with E-state index in [0.717, 1.165) is 23.1 Å². The summed E-state index contributed by atoms with van der Waals surface area (Å²) < 4.78 is 5.60. The first-order valence-electron chi connectivity index (χ1n) is 10.9. The Labute approximate surface area is 181 Å². The molecule has 0 aliphatic rings. The zero-order valence-corrected chi connectivity index (χ0v) is 19.1. The van der Waals surface area contributed by atoms with Crippen molar-refractivity contribution in [2.24, 2.45) is 0 Å². The molecule has 164 valence electrons. The number of benzene rings is 2. The molecule has 30 heavy (non-hydrogen) atoms. The van der Waals surface area contributed by atoms with Crippen molar-refractivity contribution in [3.8, 4) is 5.75 Å². The third-order valence-corrected chi connectivity index (χ3v) is 5.25. The van der Waals surface area contributed by atoms with Gasteiger partial charge in [-0.2, -0.15) is 0 Å². The first kappa shape index (κ1) is 23.7. The molecule has 0 radical (unpaired) electrons. The van der Waals surface area contributed by atoms with Crippen molar-refractivity contribution in [3.63, 3.8) is 0 Å². The topological polar surface area (TPSA) is 61.8 Å². The minimum atomic E-state index is -0.468. The van der Waals surface area contributed by atoms with Crippen molar-refractivity contribution < 1.29 is 14.6 Å². The summed E-state index contributed by atoms with van der Waals surface area (Å²) in [6.07, 6.45) is 0.373. The Morgan fingerprint density at radius 2 is 1.77 bits per heavy atom. The molecule has 2 N–H and O–H groups in total. The number of anilines is 1. The molecule has 2 rings (SSSR count). The number of hydrogen-bond acceptors (Lipinski definition) is 4. The highest BCUT2D eigenvalue weighted by Gasteiger charge is 2.21. The van der Waals surface area contributed by atoms with Gasteiger partial charge in [0.2, 0.25) is 0 Å². The largest absolute Gasteiger partial charge is 0.412 e. The Morgan fingerprint density at radius 1 is 1.07 bits per heavy atom. The van der Waals surface area contributed by atoms with Crippen LogP contribution in [0.5, 0.6) is 5.75 Å². The molecule has 0 aromatic heterocycles. The van der Waals surface area contributed by atoms with Crippen molar-refractivity contribution in [2.75, 3.05) is 11.4 Å². The molecule has 2 aromatic carbocycles. The summed E-state index contributed by atoms with van der Waals surface area (Å²) in [6.45, 7) is 13.2. The van der Waals surface area contributed by atoms with E-state index < -0.39 is 6.09 Å². The Bertz CT molecular complexity index is 825.